The first kappa shape index (κ1) is 15.1. The average Bonchev–Trinajstić information content (AvgIpc) is 2.42. The quantitative estimate of drug-likeness (QED) is 0.535. The molecule has 0 aliphatic rings. The van der Waals surface area contributed by atoms with E-state index in [4.69, 9.17) is 16.3 Å². The SMILES string of the molecule is CCCCCOc1ccc(NCC(O)CCl)cc1. The number of nitrogens with one attached hydrogen (secondary N) is 1. The minimum absolute atomic E-state index is 0.242. The van der Waals surface area contributed by atoms with Gasteiger partial charge in [-0.05, 0) is 30.7 Å². The lowest BCUT2D eigenvalue weighted by Crippen LogP contribution is -2.20. The number of ether oxygens (including phenoxy) is 1. The summed E-state index contributed by atoms with van der Waals surface area (Å²) >= 11 is 5.52. The Morgan fingerprint density at radius 2 is 2.00 bits per heavy atom. The van der Waals surface area contributed by atoms with Crippen LogP contribution in [-0.4, -0.2) is 30.2 Å². The number of rotatable bonds is 9. The Morgan fingerprint density at radius 1 is 1.28 bits per heavy atom. The molecule has 1 unspecified atom stereocenters. The van der Waals surface area contributed by atoms with Crippen LogP contribution in [0.15, 0.2) is 24.3 Å². The first-order valence-electron chi connectivity index (χ1n) is 6.47. The molecule has 0 saturated carbocycles. The fourth-order valence-electron chi connectivity index (χ4n) is 1.50. The van der Waals surface area contributed by atoms with Gasteiger partial charge in [0, 0.05) is 12.2 Å². The molecule has 0 saturated heterocycles. The Morgan fingerprint density at radius 3 is 2.61 bits per heavy atom. The van der Waals surface area contributed by atoms with E-state index in [1.807, 2.05) is 24.3 Å². The molecule has 0 radical (unpaired) electrons. The minimum atomic E-state index is -0.517. The zero-order valence-electron chi connectivity index (χ0n) is 10.9. The van der Waals surface area contributed by atoms with E-state index in [2.05, 4.69) is 12.2 Å². The van der Waals surface area contributed by atoms with Crippen molar-refractivity contribution in [1.29, 1.82) is 0 Å². The molecule has 0 aromatic heterocycles. The Kier molecular flexibility index (Phi) is 7.62. The third-order valence-corrected chi connectivity index (χ3v) is 2.95. The standard InChI is InChI=1S/C14H22ClNO2/c1-2-3-4-9-18-14-7-5-12(6-8-14)16-11-13(17)10-15/h5-8,13,16-17H,2-4,9-11H2,1H3. The van der Waals surface area contributed by atoms with Crippen molar-refractivity contribution < 1.29 is 9.84 Å². The number of unbranched alkanes of at least 4 members (excludes halogenated alkanes) is 2. The summed E-state index contributed by atoms with van der Waals surface area (Å²) < 4.78 is 5.61. The molecule has 18 heavy (non-hydrogen) atoms. The fourth-order valence-corrected chi connectivity index (χ4v) is 1.61. The van der Waals surface area contributed by atoms with Crippen LogP contribution in [0.2, 0.25) is 0 Å². The fraction of sp³-hybridized carbons (Fsp3) is 0.571. The monoisotopic (exact) mass is 271 g/mol. The van der Waals surface area contributed by atoms with Gasteiger partial charge in [-0.25, -0.2) is 0 Å². The number of anilines is 1. The summed E-state index contributed by atoms with van der Waals surface area (Å²) in [5.74, 6) is 1.13. The molecular weight excluding hydrogens is 250 g/mol. The molecule has 0 heterocycles. The van der Waals surface area contributed by atoms with Crippen molar-refractivity contribution >= 4 is 17.3 Å². The second-order valence-electron chi connectivity index (χ2n) is 4.27. The lowest BCUT2D eigenvalue weighted by Gasteiger charge is -2.11. The lowest BCUT2D eigenvalue weighted by molar-refractivity contribution is 0.211. The molecule has 1 atom stereocenters. The normalized spacial score (nSPS) is 12.2. The molecule has 4 heteroatoms. The molecule has 2 N–H and O–H groups in total. The molecule has 1 aromatic rings. The zero-order valence-corrected chi connectivity index (χ0v) is 11.6. The molecule has 0 aliphatic heterocycles. The molecule has 1 rings (SSSR count). The number of aliphatic hydroxyl groups is 1. The Bertz CT molecular complexity index is 316. The summed E-state index contributed by atoms with van der Waals surface area (Å²) in [7, 11) is 0. The highest BCUT2D eigenvalue weighted by atomic mass is 35.5. The molecule has 1 aromatic carbocycles. The van der Waals surface area contributed by atoms with Crippen molar-refractivity contribution in [3.05, 3.63) is 24.3 Å². The van der Waals surface area contributed by atoms with E-state index < -0.39 is 6.10 Å². The summed E-state index contributed by atoms with van der Waals surface area (Å²) in [5.41, 5.74) is 0.958. The van der Waals surface area contributed by atoms with Gasteiger partial charge in [-0.3, -0.25) is 0 Å². The summed E-state index contributed by atoms with van der Waals surface area (Å²) in [6, 6.07) is 7.74. The molecule has 0 fully saturated rings. The molecule has 0 spiro atoms. The number of hydrogen-bond acceptors (Lipinski definition) is 3. The smallest absolute Gasteiger partial charge is 0.119 e. The Balaban J connectivity index is 2.28. The van der Waals surface area contributed by atoms with Crippen LogP contribution in [0.1, 0.15) is 26.2 Å². The lowest BCUT2D eigenvalue weighted by atomic mass is 10.2. The van der Waals surface area contributed by atoms with Gasteiger partial charge in [-0.1, -0.05) is 19.8 Å². The van der Waals surface area contributed by atoms with Crippen molar-refractivity contribution in [3.8, 4) is 5.75 Å². The van der Waals surface area contributed by atoms with Crippen LogP contribution >= 0.6 is 11.6 Å². The molecule has 0 bridgehead atoms. The molecular formula is C14H22ClNO2. The molecule has 0 amide bonds. The van der Waals surface area contributed by atoms with Crippen LogP contribution in [0.5, 0.6) is 5.75 Å². The van der Waals surface area contributed by atoms with Crippen LogP contribution in [0.25, 0.3) is 0 Å². The van der Waals surface area contributed by atoms with Crippen molar-refractivity contribution in [1.82, 2.24) is 0 Å². The van der Waals surface area contributed by atoms with E-state index in [9.17, 15) is 5.11 Å². The first-order valence-corrected chi connectivity index (χ1v) is 7.00. The first-order chi connectivity index (χ1) is 8.76. The number of halogens is 1. The predicted octanol–water partition coefficient (Wildman–Crippen LogP) is 3.27. The van der Waals surface area contributed by atoms with Gasteiger partial charge in [0.1, 0.15) is 5.75 Å². The predicted molar refractivity (Wildman–Crippen MR) is 76.7 cm³/mol. The largest absolute Gasteiger partial charge is 0.494 e. The van der Waals surface area contributed by atoms with Gasteiger partial charge < -0.3 is 15.2 Å². The van der Waals surface area contributed by atoms with E-state index in [1.165, 1.54) is 12.8 Å². The van der Waals surface area contributed by atoms with Gasteiger partial charge in [0.2, 0.25) is 0 Å². The number of alkyl halides is 1. The third-order valence-electron chi connectivity index (χ3n) is 2.59. The molecule has 0 aliphatic carbocycles. The van der Waals surface area contributed by atoms with E-state index >= 15 is 0 Å². The topological polar surface area (TPSA) is 41.5 Å². The van der Waals surface area contributed by atoms with Crippen LogP contribution in [-0.2, 0) is 0 Å². The van der Waals surface area contributed by atoms with E-state index in [-0.39, 0.29) is 5.88 Å². The second kappa shape index (κ2) is 9.06. The summed E-state index contributed by atoms with van der Waals surface area (Å²) in [4.78, 5) is 0. The highest BCUT2D eigenvalue weighted by Crippen LogP contribution is 2.16. The van der Waals surface area contributed by atoms with Crippen LogP contribution < -0.4 is 10.1 Å². The van der Waals surface area contributed by atoms with Gasteiger partial charge in [0.25, 0.3) is 0 Å². The van der Waals surface area contributed by atoms with Crippen molar-refractivity contribution in [2.24, 2.45) is 0 Å². The zero-order chi connectivity index (χ0) is 13.2. The van der Waals surface area contributed by atoms with Gasteiger partial charge in [0.15, 0.2) is 0 Å². The van der Waals surface area contributed by atoms with Crippen LogP contribution in [0.4, 0.5) is 5.69 Å². The summed E-state index contributed by atoms with van der Waals surface area (Å²) in [5, 5.41) is 12.4. The van der Waals surface area contributed by atoms with E-state index in [1.54, 1.807) is 0 Å². The minimum Gasteiger partial charge on any atom is -0.494 e. The Labute approximate surface area is 114 Å². The highest BCUT2D eigenvalue weighted by Gasteiger charge is 2.01. The van der Waals surface area contributed by atoms with E-state index in [0.717, 1.165) is 24.5 Å². The number of hydrogen-bond donors (Lipinski definition) is 2. The maximum atomic E-state index is 9.32. The van der Waals surface area contributed by atoms with Gasteiger partial charge in [-0.15, -0.1) is 11.6 Å². The Hall–Kier alpha value is -0.930. The van der Waals surface area contributed by atoms with Crippen molar-refractivity contribution in [3.63, 3.8) is 0 Å². The molecule has 3 nitrogen and oxygen atoms in total. The second-order valence-corrected chi connectivity index (χ2v) is 4.58. The third kappa shape index (κ3) is 6.12. The number of aliphatic hydroxyl groups excluding tert-OH is 1. The summed E-state index contributed by atoms with van der Waals surface area (Å²) in [6.45, 7) is 3.40. The van der Waals surface area contributed by atoms with Crippen molar-refractivity contribution in [2.45, 2.75) is 32.3 Å². The van der Waals surface area contributed by atoms with Crippen LogP contribution in [0, 0.1) is 0 Å². The highest BCUT2D eigenvalue weighted by molar-refractivity contribution is 6.18. The van der Waals surface area contributed by atoms with Crippen LogP contribution in [0.3, 0.4) is 0 Å². The van der Waals surface area contributed by atoms with Crippen molar-refractivity contribution in [2.75, 3.05) is 24.3 Å². The maximum absolute atomic E-state index is 9.32. The van der Waals surface area contributed by atoms with Gasteiger partial charge in [-0.2, -0.15) is 0 Å². The van der Waals surface area contributed by atoms with Gasteiger partial charge in [0.05, 0.1) is 18.6 Å². The van der Waals surface area contributed by atoms with Gasteiger partial charge >= 0.3 is 0 Å². The van der Waals surface area contributed by atoms with E-state index in [0.29, 0.717) is 6.54 Å². The number of benzene rings is 1. The summed E-state index contributed by atoms with van der Waals surface area (Å²) in [6.07, 6.45) is 2.99. The maximum Gasteiger partial charge on any atom is 0.119 e. The molecule has 102 valence electrons. The average molecular weight is 272 g/mol.